The Morgan fingerprint density at radius 1 is 1.30 bits per heavy atom. The topological polar surface area (TPSA) is 49.3 Å². The number of aliphatic hydroxyl groups excluding tert-OH is 1. The van der Waals surface area contributed by atoms with Crippen molar-refractivity contribution < 1.29 is 14.3 Å². The number of nitrogens with one attached hydrogen (secondary N) is 1. The van der Waals surface area contributed by atoms with Gasteiger partial charge in [-0.25, -0.2) is 4.39 Å². The zero-order valence-electron chi connectivity index (χ0n) is 12.9. The molecule has 2 aromatic carbocycles. The Morgan fingerprint density at radius 3 is 2.65 bits per heavy atom. The number of halogens is 2. The quantitative estimate of drug-likeness (QED) is 0.846. The zero-order valence-corrected chi connectivity index (χ0v) is 13.6. The van der Waals surface area contributed by atoms with E-state index in [9.17, 15) is 14.3 Å². The van der Waals surface area contributed by atoms with Crippen LogP contribution in [0.2, 0.25) is 5.02 Å². The van der Waals surface area contributed by atoms with Crippen LogP contribution >= 0.6 is 11.6 Å². The third-order valence-electron chi connectivity index (χ3n) is 3.75. The van der Waals surface area contributed by atoms with Crippen LogP contribution in [0.4, 0.5) is 4.39 Å². The molecule has 3 nitrogen and oxygen atoms in total. The van der Waals surface area contributed by atoms with Crippen LogP contribution in [0.3, 0.4) is 0 Å². The molecule has 0 fully saturated rings. The van der Waals surface area contributed by atoms with Crippen LogP contribution in [0.5, 0.6) is 0 Å². The second-order valence-electron chi connectivity index (χ2n) is 5.41. The number of carbonyl (C=O) groups excluding carboxylic acids is 1. The molecule has 0 aromatic heterocycles. The van der Waals surface area contributed by atoms with E-state index in [1.54, 1.807) is 6.92 Å². The minimum atomic E-state index is -0.436. The van der Waals surface area contributed by atoms with Gasteiger partial charge in [0.05, 0.1) is 10.6 Å². The highest BCUT2D eigenvalue weighted by Crippen LogP contribution is 2.22. The number of rotatable bonds is 6. The minimum Gasteiger partial charge on any atom is -0.396 e. The van der Waals surface area contributed by atoms with Gasteiger partial charge in [-0.05, 0) is 36.6 Å². The summed E-state index contributed by atoms with van der Waals surface area (Å²) in [6.45, 7) is 1.99. The smallest absolute Gasteiger partial charge is 0.252 e. The fraction of sp³-hybridized carbons (Fsp3) is 0.278. The van der Waals surface area contributed by atoms with Crippen molar-refractivity contribution in [2.45, 2.75) is 19.3 Å². The Hall–Kier alpha value is -1.91. The van der Waals surface area contributed by atoms with Gasteiger partial charge in [0.2, 0.25) is 0 Å². The summed E-state index contributed by atoms with van der Waals surface area (Å²) in [6.07, 6.45) is 0.542. The van der Waals surface area contributed by atoms with Crippen LogP contribution < -0.4 is 5.32 Å². The summed E-state index contributed by atoms with van der Waals surface area (Å²) in [6, 6.07) is 12.3. The number of aryl methyl sites for hydroxylation is 1. The lowest BCUT2D eigenvalue weighted by atomic mass is 9.96. The molecule has 0 aliphatic rings. The van der Waals surface area contributed by atoms with E-state index in [1.807, 2.05) is 30.3 Å². The standard InChI is InChI=1S/C18H19ClFNO2/c1-12-9-15(16(19)10-17(12)20)18(23)21-11-14(7-8-22)13-5-3-2-4-6-13/h2-6,9-10,14,22H,7-8,11H2,1H3,(H,21,23). The predicted molar refractivity (Wildman–Crippen MR) is 89.4 cm³/mol. The van der Waals surface area contributed by atoms with Gasteiger partial charge in [-0.1, -0.05) is 41.9 Å². The molecule has 0 spiro atoms. The van der Waals surface area contributed by atoms with Crippen molar-refractivity contribution in [3.8, 4) is 0 Å². The SMILES string of the molecule is Cc1cc(C(=O)NCC(CCO)c2ccccc2)c(Cl)cc1F. The van der Waals surface area contributed by atoms with Gasteiger partial charge in [-0.2, -0.15) is 0 Å². The van der Waals surface area contributed by atoms with Crippen LogP contribution in [0.1, 0.15) is 33.8 Å². The molecule has 122 valence electrons. The van der Waals surface area contributed by atoms with E-state index < -0.39 is 5.82 Å². The van der Waals surface area contributed by atoms with E-state index >= 15 is 0 Å². The molecule has 0 saturated heterocycles. The van der Waals surface area contributed by atoms with Gasteiger partial charge in [-0.15, -0.1) is 0 Å². The van der Waals surface area contributed by atoms with E-state index in [2.05, 4.69) is 5.32 Å². The van der Waals surface area contributed by atoms with Crippen molar-refractivity contribution in [2.75, 3.05) is 13.2 Å². The molecule has 0 radical (unpaired) electrons. The Bertz CT molecular complexity index is 676. The fourth-order valence-electron chi connectivity index (χ4n) is 2.41. The highest BCUT2D eigenvalue weighted by molar-refractivity contribution is 6.33. The minimum absolute atomic E-state index is 0.00507. The monoisotopic (exact) mass is 335 g/mol. The van der Waals surface area contributed by atoms with Gasteiger partial charge >= 0.3 is 0 Å². The summed E-state index contributed by atoms with van der Waals surface area (Å²) in [5.41, 5.74) is 1.67. The third-order valence-corrected chi connectivity index (χ3v) is 4.06. The maximum Gasteiger partial charge on any atom is 0.252 e. The van der Waals surface area contributed by atoms with E-state index in [4.69, 9.17) is 11.6 Å². The van der Waals surface area contributed by atoms with Crippen molar-refractivity contribution in [2.24, 2.45) is 0 Å². The highest BCUT2D eigenvalue weighted by Gasteiger charge is 2.16. The zero-order chi connectivity index (χ0) is 16.8. The van der Waals surface area contributed by atoms with Gasteiger partial charge < -0.3 is 10.4 Å². The van der Waals surface area contributed by atoms with Gasteiger partial charge in [0.1, 0.15) is 5.82 Å². The molecule has 1 atom stereocenters. The maximum absolute atomic E-state index is 13.4. The average Bonchev–Trinajstić information content (AvgIpc) is 2.55. The van der Waals surface area contributed by atoms with E-state index in [-0.39, 0.29) is 29.0 Å². The molecule has 0 aliphatic carbocycles. The molecule has 0 aliphatic heterocycles. The molecule has 0 heterocycles. The first-order valence-electron chi connectivity index (χ1n) is 7.42. The van der Waals surface area contributed by atoms with Gasteiger partial charge in [0, 0.05) is 19.1 Å². The van der Waals surface area contributed by atoms with E-state index in [0.29, 0.717) is 18.5 Å². The molecular weight excluding hydrogens is 317 g/mol. The van der Waals surface area contributed by atoms with E-state index in [1.165, 1.54) is 6.07 Å². The van der Waals surface area contributed by atoms with Gasteiger partial charge in [-0.3, -0.25) is 4.79 Å². The highest BCUT2D eigenvalue weighted by atomic mass is 35.5. The van der Waals surface area contributed by atoms with Crippen molar-refractivity contribution >= 4 is 17.5 Å². The second-order valence-corrected chi connectivity index (χ2v) is 5.82. The van der Waals surface area contributed by atoms with Crippen LogP contribution in [0, 0.1) is 12.7 Å². The number of amides is 1. The van der Waals surface area contributed by atoms with Crippen molar-refractivity contribution in [3.63, 3.8) is 0 Å². The summed E-state index contributed by atoms with van der Waals surface area (Å²) >= 11 is 5.95. The molecule has 0 saturated carbocycles. The summed E-state index contributed by atoms with van der Waals surface area (Å²) in [5.74, 6) is -0.781. The van der Waals surface area contributed by atoms with Crippen molar-refractivity contribution in [1.82, 2.24) is 5.32 Å². The first kappa shape index (κ1) is 17.4. The molecule has 2 aromatic rings. The second kappa shape index (κ2) is 8.09. The summed E-state index contributed by atoms with van der Waals surface area (Å²) in [7, 11) is 0. The van der Waals surface area contributed by atoms with Gasteiger partial charge in [0.15, 0.2) is 0 Å². The number of aliphatic hydroxyl groups is 1. The van der Waals surface area contributed by atoms with Crippen LogP contribution in [0.15, 0.2) is 42.5 Å². The number of hydrogen-bond acceptors (Lipinski definition) is 2. The molecule has 2 N–H and O–H groups in total. The lowest BCUT2D eigenvalue weighted by Gasteiger charge is -2.17. The van der Waals surface area contributed by atoms with Crippen LogP contribution in [-0.2, 0) is 0 Å². The number of benzene rings is 2. The van der Waals surface area contributed by atoms with Crippen molar-refractivity contribution in [3.05, 3.63) is 70.0 Å². The molecule has 1 unspecified atom stereocenters. The molecule has 1 amide bonds. The first-order valence-corrected chi connectivity index (χ1v) is 7.80. The molecule has 0 bridgehead atoms. The Kier molecular flexibility index (Phi) is 6.13. The lowest BCUT2D eigenvalue weighted by molar-refractivity contribution is 0.0949. The Balaban J connectivity index is 2.09. The van der Waals surface area contributed by atoms with Crippen molar-refractivity contribution in [1.29, 1.82) is 0 Å². The van der Waals surface area contributed by atoms with E-state index in [0.717, 1.165) is 11.6 Å². The fourth-order valence-corrected chi connectivity index (χ4v) is 2.65. The molecule has 5 heteroatoms. The Labute approximate surface area is 140 Å². The molecule has 23 heavy (non-hydrogen) atoms. The van der Waals surface area contributed by atoms with Gasteiger partial charge in [0.25, 0.3) is 5.91 Å². The summed E-state index contributed by atoms with van der Waals surface area (Å²) in [4.78, 5) is 12.3. The molecule has 2 rings (SSSR count). The summed E-state index contributed by atoms with van der Waals surface area (Å²) < 4.78 is 13.4. The lowest BCUT2D eigenvalue weighted by Crippen LogP contribution is -2.29. The summed E-state index contributed by atoms with van der Waals surface area (Å²) in [5, 5.41) is 12.1. The van der Waals surface area contributed by atoms with Crippen LogP contribution in [0.25, 0.3) is 0 Å². The first-order chi connectivity index (χ1) is 11.0. The van der Waals surface area contributed by atoms with Crippen LogP contribution in [-0.4, -0.2) is 24.2 Å². The molecular formula is C18H19ClFNO2. The predicted octanol–water partition coefficient (Wildman–Crippen LogP) is 3.68. The third kappa shape index (κ3) is 4.53. The average molecular weight is 336 g/mol. The normalized spacial score (nSPS) is 12.0. The Morgan fingerprint density at radius 2 is 2.00 bits per heavy atom. The number of hydrogen-bond donors (Lipinski definition) is 2. The maximum atomic E-state index is 13.4. The number of carbonyl (C=O) groups is 1. The largest absolute Gasteiger partial charge is 0.396 e.